The molecule has 0 spiro atoms. The van der Waals surface area contributed by atoms with Crippen molar-refractivity contribution < 1.29 is 99.1 Å². The number of alkyl halides is 9. The number of amides is 3. The van der Waals surface area contributed by atoms with E-state index in [0.29, 0.717) is 29.2 Å². The molecule has 3 amide bonds. The van der Waals surface area contributed by atoms with Crippen LogP contribution in [0.4, 0.5) is 132 Å². The van der Waals surface area contributed by atoms with Crippen LogP contribution in [0, 0.1) is 35.0 Å². The lowest BCUT2D eigenvalue weighted by molar-refractivity contribution is -0.139. The fourth-order valence-corrected chi connectivity index (χ4v) is 8.66. The minimum atomic E-state index is -4.59. The maximum Gasteiger partial charge on any atom is 0.405 e. The van der Waals surface area contributed by atoms with Gasteiger partial charge in [0.05, 0.1) is 25.7 Å². The quantitative estimate of drug-likeness (QED) is 0.0281. The lowest BCUT2D eigenvalue weighted by Gasteiger charge is -2.25. The van der Waals surface area contributed by atoms with Crippen molar-refractivity contribution >= 4 is 87.9 Å². The molecule has 10 rings (SSSR count). The molecule has 14 N–H and O–H groups in total. The van der Waals surface area contributed by atoms with Gasteiger partial charge in [-0.1, -0.05) is 13.8 Å². The van der Waals surface area contributed by atoms with Gasteiger partial charge in [0, 0.05) is 42.2 Å². The van der Waals surface area contributed by atoms with Crippen molar-refractivity contribution in [3.63, 3.8) is 0 Å². The number of ether oxygens (including phenoxy) is 1. The summed E-state index contributed by atoms with van der Waals surface area (Å²) in [6, 6.07) is 14.1. The van der Waals surface area contributed by atoms with Gasteiger partial charge < -0.3 is 69.4 Å². The first kappa shape index (κ1) is 74.5. The second kappa shape index (κ2) is 32.0. The molecule has 6 aromatic heterocycles. The van der Waals surface area contributed by atoms with Gasteiger partial charge in [0.1, 0.15) is 55.1 Å². The zero-order valence-electron chi connectivity index (χ0n) is 52.5. The number of nitrogens with zero attached hydrogens (tertiary/aromatic N) is 16. The summed E-state index contributed by atoms with van der Waals surface area (Å²) in [5, 5.41) is 31.0. The van der Waals surface area contributed by atoms with Gasteiger partial charge in [-0.2, -0.15) is 83.5 Å². The predicted octanol–water partition coefficient (Wildman–Crippen LogP) is 10.3. The first-order valence-electron chi connectivity index (χ1n) is 29.1. The van der Waals surface area contributed by atoms with Gasteiger partial charge in [0.2, 0.25) is 53.4 Å². The standard InChI is InChI=1S/C20H23F4N9O2.C19H18F5N9O.C17H16F5N9O.13H2/c1-10(2)14(16(34)27-9-20(22,23)24)29-15-13(21)8-26-19(30-15)33-17(25)31-18(32-33)28-11-4-6-12(35-3)7-5-11;20-10-3-5-11(6-4-10)28-17-30-16(25)33(31-17)18-26-8-12(21)14(29-18)32-7-1-2-13(32)15(34)27-9-19(22,23)24;1-8(13(32)25-7-17(20,21)22)26-12-11(19)6-24-16(28-12)31-14(23)29-15(30-31)27-10-4-2-9(18)3-5-10;;;;;;;;;;;;;/h4-8,10,14H,9H2,1-3H3,(H,27,34)(H,26,29,30)(H3,25,28,31,32);3-6,8,13H,1-2,7,9H2,(H,27,34)(H3,25,28,30,31);2-6,8H,7H2,1H3,(H,25,32)(H,24,26,28)(H3,23,27,29,30);13*1H/t14-;13-;8-;;;;;;;;;;;;;/m110............./s1. The number of carbonyl (C=O) groups is 3. The number of nitrogens with two attached hydrogens (primary N) is 3. The van der Waals surface area contributed by atoms with E-state index in [-0.39, 0.29) is 90.9 Å². The lowest BCUT2D eigenvalue weighted by atomic mass is 10.0. The van der Waals surface area contributed by atoms with Crippen LogP contribution in [0.1, 0.15) is 52.2 Å². The summed E-state index contributed by atoms with van der Waals surface area (Å²) in [5.41, 5.74) is 19.1. The third kappa shape index (κ3) is 21.1. The predicted molar refractivity (Wildman–Crippen MR) is 360 cm³/mol. The molecule has 7 heterocycles. The molecule has 101 heavy (non-hydrogen) atoms. The van der Waals surface area contributed by atoms with Gasteiger partial charge in [-0.15, -0.1) is 15.3 Å². The normalized spacial score (nSPS) is 13.6. The number of rotatable bonds is 22. The highest BCUT2D eigenvalue weighted by molar-refractivity contribution is 5.86. The molecule has 9 aromatic rings. The van der Waals surface area contributed by atoms with E-state index in [1.54, 1.807) is 48.7 Å². The van der Waals surface area contributed by atoms with Gasteiger partial charge in [-0.3, -0.25) is 14.4 Å². The third-order valence-electron chi connectivity index (χ3n) is 13.4. The van der Waals surface area contributed by atoms with Crippen molar-refractivity contribution in [1.29, 1.82) is 0 Å². The molecule has 0 radical (unpaired) electrons. The summed E-state index contributed by atoms with van der Waals surface area (Å²) >= 11 is 0. The van der Waals surface area contributed by atoms with Crippen LogP contribution in [0.25, 0.3) is 17.8 Å². The second-order valence-corrected chi connectivity index (χ2v) is 21.4. The summed E-state index contributed by atoms with van der Waals surface area (Å²) in [5.74, 6) is -8.42. The van der Waals surface area contributed by atoms with Gasteiger partial charge in [-0.25, -0.2) is 36.9 Å². The zero-order chi connectivity index (χ0) is 73.7. The Labute approximate surface area is 578 Å². The van der Waals surface area contributed by atoms with E-state index in [1.165, 1.54) is 67.5 Å². The molecule has 1 aliphatic rings. The van der Waals surface area contributed by atoms with E-state index in [4.69, 9.17) is 21.9 Å². The third-order valence-corrected chi connectivity index (χ3v) is 13.4. The van der Waals surface area contributed by atoms with Crippen LogP contribution in [0.15, 0.2) is 91.4 Å². The summed E-state index contributed by atoms with van der Waals surface area (Å²) in [6.07, 6.45) is -10.7. The Bertz CT molecular complexity index is 4370. The Hall–Kier alpha value is -12.3. The summed E-state index contributed by atoms with van der Waals surface area (Å²) in [6.45, 7) is 0.0350. The number of nitrogen functional groups attached to an aromatic ring is 3. The largest absolute Gasteiger partial charge is 0.497 e. The lowest BCUT2D eigenvalue weighted by Crippen LogP contribution is -2.46. The molecule has 1 saturated heterocycles. The van der Waals surface area contributed by atoms with Gasteiger partial charge in [0.25, 0.3) is 17.8 Å². The van der Waals surface area contributed by atoms with E-state index in [2.05, 4.69) is 86.7 Å². The smallest absolute Gasteiger partial charge is 0.405 e. The molecule has 0 saturated carbocycles. The number of hydrogen-bond acceptors (Lipinski definition) is 25. The van der Waals surface area contributed by atoms with Crippen molar-refractivity contribution in [2.75, 3.05) is 82.0 Å². The zero-order valence-corrected chi connectivity index (χ0v) is 52.5. The number of benzene rings is 3. The molecule has 3 aromatic carbocycles. The highest BCUT2D eigenvalue weighted by Gasteiger charge is 2.37. The average Bonchev–Trinajstić information content (AvgIpc) is 1.60. The highest BCUT2D eigenvalue weighted by atomic mass is 19.4. The minimum Gasteiger partial charge on any atom is -0.497 e. The van der Waals surface area contributed by atoms with Crippen LogP contribution >= 0.6 is 0 Å². The maximum absolute atomic E-state index is 14.6. The minimum absolute atomic E-state index is 0. The molecular weight excluding hydrogens is 1380 g/mol. The Morgan fingerprint density at radius 2 is 0.921 bits per heavy atom. The van der Waals surface area contributed by atoms with Gasteiger partial charge >= 0.3 is 18.5 Å². The Kier molecular flexibility index (Phi) is 23.6. The molecule has 31 nitrogen and oxygen atoms in total. The van der Waals surface area contributed by atoms with E-state index in [0.717, 1.165) is 32.6 Å². The second-order valence-electron chi connectivity index (χ2n) is 21.4. The summed E-state index contributed by atoms with van der Waals surface area (Å²) in [7, 11) is 1.54. The molecule has 1 aliphatic heterocycles. The molecular formula is C56H83F14N27O4. The Balaban J connectivity index is -0.000000363. The van der Waals surface area contributed by atoms with Crippen LogP contribution in [-0.4, -0.2) is 162 Å². The average molecular weight is 1460 g/mol. The van der Waals surface area contributed by atoms with Crippen molar-refractivity contribution in [2.45, 2.75) is 70.3 Å². The topological polar surface area (TPSA) is 407 Å². The van der Waals surface area contributed by atoms with Crippen molar-refractivity contribution in [2.24, 2.45) is 5.92 Å². The van der Waals surface area contributed by atoms with E-state index >= 15 is 0 Å². The number of anilines is 12. The molecule has 3 atom stereocenters. The molecule has 45 heteroatoms. The molecule has 0 unspecified atom stereocenters. The first-order valence-corrected chi connectivity index (χ1v) is 29.1. The fraction of sp³-hybridized carbons (Fsp3) is 0.304. The van der Waals surface area contributed by atoms with E-state index < -0.39 is 121 Å². The number of carbonyl (C=O) groups excluding carboxylic acids is 3. The van der Waals surface area contributed by atoms with Gasteiger partial charge in [0.15, 0.2) is 34.9 Å². The SMILES string of the molecule is COc1ccc(Nc2nc(N)n(-c3ncc(F)c(N[C@@H](C(=O)NCC(F)(F)F)C(C)C)n3)n2)cc1.C[C@H](Nc1nc(-n2nc(Nc3ccc(F)cc3)nc2N)ncc1F)C(=O)NCC(F)(F)F.Nc1nc(Nc2ccc(F)cc2)nn1-c1ncc(F)c(N2CCC[C@@H]2C(=O)NCC(F)(F)F)n1.[HH].[HH].[HH].[HH].[HH].[HH].[HH].[HH].[HH].[HH].[HH].[HH].[HH]. The van der Waals surface area contributed by atoms with Crippen LogP contribution in [0.3, 0.4) is 0 Å². The molecule has 1 fully saturated rings. The van der Waals surface area contributed by atoms with Gasteiger partial charge in [-0.05, 0) is 98.5 Å². The van der Waals surface area contributed by atoms with Crippen LogP contribution in [0.2, 0.25) is 0 Å². The highest BCUT2D eigenvalue weighted by Crippen LogP contribution is 2.29. The summed E-state index contributed by atoms with van der Waals surface area (Å²) < 4.78 is 189. The monoisotopic (exact) mass is 1460 g/mol. The van der Waals surface area contributed by atoms with Crippen molar-refractivity contribution in [3.8, 4) is 23.6 Å². The Morgan fingerprint density at radius 3 is 1.34 bits per heavy atom. The van der Waals surface area contributed by atoms with Crippen LogP contribution in [0.5, 0.6) is 5.75 Å². The fourth-order valence-electron chi connectivity index (χ4n) is 8.66. The Morgan fingerprint density at radius 1 is 0.535 bits per heavy atom. The maximum atomic E-state index is 14.6. The molecule has 564 valence electrons. The summed E-state index contributed by atoms with van der Waals surface area (Å²) in [4.78, 5) is 73.1. The number of methoxy groups -OCH3 is 1. The molecule has 0 bridgehead atoms. The van der Waals surface area contributed by atoms with Crippen LogP contribution in [-0.2, 0) is 14.4 Å². The first-order chi connectivity index (χ1) is 47.6. The molecule has 0 aliphatic carbocycles. The van der Waals surface area contributed by atoms with E-state index in [9.17, 15) is 75.8 Å². The number of hydrogen-bond donors (Lipinski definition) is 11. The van der Waals surface area contributed by atoms with Crippen molar-refractivity contribution in [3.05, 3.63) is 120 Å². The van der Waals surface area contributed by atoms with E-state index in [1.807, 2.05) is 5.32 Å². The number of aromatic nitrogens is 15. The number of halogens is 14. The van der Waals surface area contributed by atoms with Crippen molar-refractivity contribution in [1.82, 2.24) is 90.1 Å². The van der Waals surface area contributed by atoms with Crippen LogP contribution < -0.4 is 69.4 Å². The number of nitrogens with one attached hydrogen (secondary N) is 8.